The van der Waals surface area contributed by atoms with Gasteiger partial charge in [-0.1, -0.05) is 17.7 Å². The number of rotatable bonds is 4. The van der Waals surface area contributed by atoms with Gasteiger partial charge in [-0.3, -0.25) is 14.9 Å². The minimum atomic E-state index is -0.316. The van der Waals surface area contributed by atoms with E-state index in [1.165, 1.54) is 0 Å². The number of nitrogens with zero attached hydrogens (tertiary/aromatic N) is 4. The molecule has 1 amide bonds. The molecule has 0 saturated carbocycles. The number of aryl methyl sites for hydroxylation is 2. The summed E-state index contributed by atoms with van der Waals surface area (Å²) in [5, 5.41) is 11.4. The van der Waals surface area contributed by atoms with Crippen molar-refractivity contribution in [3.8, 4) is 0 Å². The van der Waals surface area contributed by atoms with Crippen LogP contribution in [-0.2, 0) is 4.74 Å². The van der Waals surface area contributed by atoms with Gasteiger partial charge in [0.2, 0.25) is 0 Å². The Morgan fingerprint density at radius 1 is 1.19 bits per heavy atom. The van der Waals surface area contributed by atoms with Crippen LogP contribution in [-0.4, -0.2) is 50.7 Å². The van der Waals surface area contributed by atoms with Crippen molar-refractivity contribution in [3.63, 3.8) is 0 Å². The Bertz CT molecular complexity index is 1270. The molecule has 1 aromatic carbocycles. The van der Waals surface area contributed by atoms with Crippen molar-refractivity contribution in [2.75, 3.05) is 25.0 Å². The van der Waals surface area contributed by atoms with E-state index in [4.69, 9.17) is 4.74 Å². The predicted molar refractivity (Wildman–Crippen MR) is 122 cm³/mol. The Balaban J connectivity index is 1.38. The average Bonchev–Trinajstić information content (AvgIpc) is 3.22. The number of nitrogens with one attached hydrogen (secondary N) is 2. The second-order valence-electron chi connectivity index (χ2n) is 7.99. The van der Waals surface area contributed by atoms with E-state index < -0.39 is 0 Å². The fraction of sp³-hybridized carbons (Fsp3) is 0.250. The number of morpholine rings is 1. The van der Waals surface area contributed by atoms with Crippen molar-refractivity contribution in [1.29, 1.82) is 0 Å². The van der Waals surface area contributed by atoms with Crippen molar-refractivity contribution in [2.45, 2.75) is 20.0 Å². The monoisotopic (exact) mass is 428 g/mol. The van der Waals surface area contributed by atoms with E-state index in [1.54, 1.807) is 11.1 Å². The topological polar surface area (TPSA) is 96.0 Å². The zero-order valence-electron chi connectivity index (χ0n) is 18.0. The number of pyridine rings is 2. The summed E-state index contributed by atoms with van der Waals surface area (Å²) >= 11 is 0. The third kappa shape index (κ3) is 4.04. The molecule has 3 aromatic heterocycles. The number of carbonyl (C=O) groups excluding carboxylic acids is 1. The molecule has 162 valence electrons. The number of hydrogen-bond donors (Lipinski definition) is 2. The first-order chi connectivity index (χ1) is 15.6. The summed E-state index contributed by atoms with van der Waals surface area (Å²) in [4.78, 5) is 24.1. The second kappa shape index (κ2) is 8.39. The Kier molecular flexibility index (Phi) is 5.28. The van der Waals surface area contributed by atoms with E-state index >= 15 is 0 Å². The number of carbonyl (C=O) groups is 1. The Morgan fingerprint density at radius 2 is 2.09 bits per heavy atom. The molecule has 0 bridgehead atoms. The molecule has 32 heavy (non-hydrogen) atoms. The molecule has 1 aliphatic heterocycles. The molecular formula is C24H24N6O2. The number of anilines is 2. The summed E-state index contributed by atoms with van der Waals surface area (Å²) in [5.74, 6) is 0.653. The maximum atomic E-state index is 13.3. The molecule has 8 heteroatoms. The minimum absolute atomic E-state index is 0.102. The Hall–Kier alpha value is -3.78. The molecule has 4 heterocycles. The normalized spacial score (nSPS) is 16.3. The first-order valence-electron chi connectivity index (χ1n) is 10.6. The van der Waals surface area contributed by atoms with Gasteiger partial charge in [0, 0.05) is 29.5 Å². The molecular weight excluding hydrogens is 404 g/mol. The van der Waals surface area contributed by atoms with E-state index in [0.717, 1.165) is 39.4 Å². The van der Waals surface area contributed by atoms with Crippen LogP contribution >= 0.6 is 0 Å². The highest BCUT2D eigenvalue weighted by molar-refractivity contribution is 6.04. The van der Waals surface area contributed by atoms with Crippen molar-refractivity contribution in [1.82, 2.24) is 25.1 Å². The van der Waals surface area contributed by atoms with Crippen LogP contribution in [0, 0.1) is 13.8 Å². The highest BCUT2D eigenvalue weighted by atomic mass is 16.5. The van der Waals surface area contributed by atoms with Crippen LogP contribution in [0.3, 0.4) is 0 Å². The summed E-state index contributed by atoms with van der Waals surface area (Å²) < 4.78 is 6.00. The maximum absolute atomic E-state index is 13.3. The van der Waals surface area contributed by atoms with Crippen LogP contribution in [0.15, 0.2) is 54.7 Å². The summed E-state index contributed by atoms with van der Waals surface area (Å²) in [6.07, 6.45) is 1.43. The number of aromatic amines is 1. The summed E-state index contributed by atoms with van der Waals surface area (Å²) in [6.45, 7) is 5.32. The maximum Gasteiger partial charge on any atom is 0.275 e. The minimum Gasteiger partial charge on any atom is -0.368 e. The van der Waals surface area contributed by atoms with E-state index in [0.29, 0.717) is 25.4 Å². The standard InChI is InChI=1S/C24H24N6O2/c1-15-6-7-19-18(11-15)23(29-28-19)24(31)30-9-10-32-21(14-30)20-13-17(12-16(2)26-20)27-22-5-3-4-8-25-22/h3-8,11-13,21H,9-10,14H2,1-2H3,(H,28,29)(H,25,26,27). The second-order valence-corrected chi connectivity index (χ2v) is 7.99. The first kappa shape index (κ1) is 20.1. The van der Waals surface area contributed by atoms with Crippen LogP contribution in [0.1, 0.15) is 33.5 Å². The number of benzene rings is 1. The van der Waals surface area contributed by atoms with Crippen molar-refractivity contribution < 1.29 is 9.53 Å². The number of amides is 1. The largest absolute Gasteiger partial charge is 0.368 e. The van der Waals surface area contributed by atoms with Crippen LogP contribution in [0.2, 0.25) is 0 Å². The summed E-state index contributed by atoms with van der Waals surface area (Å²) in [6, 6.07) is 15.6. The molecule has 0 spiro atoms. The Morgan fingerprint density at radius 3 is 2.94 bits per heavy atom. The molecule has 1 unspecified atom stereocenters. The molecule has 5 rings (SSSR count). The zero-order valence-corrected chi connectivity index (χ0v) is 18.0. The molecule has 1 atom stereocenters. The fourth-order valence-electron chi connectivity index (χ4n) is 3.97. The number of H-pyrrole nitrogens is 1. The molecule has 1 fully saturated rings. The highest BCUT2D eigenvalue weighted by Crippen LogP contribution is 2.27. The lowest BCUT2D eigenvalue weighted by Crippen LogP contribution is -2.42. The lowest BCUT2D eigenvalue weighted by molar-refractivity contribution is -0.0248. The number of ether oxygens (including phenoxy) is 1. The fourth-order valence-corrected chi connectivity index (χ4v) is 3.97. The average molecular weight is 428 g/mol. The van der Waals surface area contributed by atoms with E-state index in [1.807, 2.05) is 62.4 Å². The van der Waals surface area contributed by atoms with Gasteiger partial charge in [0.15, 0.2) is 5.69 Å². The molecule has 0 aliphatic carbocycles. The number of aromatic nitrogens is 4. The third-order valence-electron chi connectivity index (χ3n) is 5.51. The number of hydrogen-bond acceptors (Lipinski definition) is 6. The highest BCUT2D eigenvalue weighted by Gasteiger charge is 2.29. The molecule has 2 N–H and O–H groups in total. The van der Waals surface area contributed by atoms with E-state index in [9.17, 15) is 4.79 Å². The van der Waals surface area contributed by atoms with E-state index in [2.05, 4.69) is 25.5 Å². The summed E-state index contributed by atoms with van der Waals surface area (Å²) in [7, 11) is 0. The van der Waals surface area contributed by atoms with Crippen LogP contribution in [0.25, 0.3) is 10.9 Å². The molecule has 4 aromatic rings. The van der Waals surface area contributed by atoms with Gasteiger partial charge in [-0.2, -0.15) is 5.10 Å². The first-order valence-corrected chi connectivity index (χ1v) is 10.6. The lowest BCUT2D eigenvalue weighted by atomic mass is 10.1. The van der Waals surface area contributed by atoms with E-state index in [-0.39, 0.29) is 12.0 Å². The van der Waals surface area contributed by atoms with Crippen LogP contribution < -0.4 is 5.32 Å². The summed E-state index contributed by atoms with van der Waals surface area (Å²) in [5.41, 5.74) is 4.91. The Labute approximate surface area is 185 Å². The van der Waals surface area contributed by atoms with Crippen LogP contribution in [0.5, 0.6) is 0 Å². The smallest absolute Gasteiger partial charge is 0.275 e. The van der Waals surface area contributed by atoms with Gasteiger partial charge in [0.25, 0.3) is 5.91 Å². The van der Waals surface area contributed by atoms with Crippen molar-refractivity contribution >= 4 is 28.3 Å². The lowest BCUT2D eigenvalue weighted by Gasteiger charge is -2.32. The molecule has 0 radical (unpaired) electrons. The zero-order chi connectivity index (χ0) is 22.1. The van der Waals surface area contributed by atoms with Crippen molar-refractivity contribution in [3.05, 3.63) is 77.4 Å². The number of fused-ring (bicyclic) bond motifs is 1. The predicted octanol–water partition coefficient (Wildman–Crippen LogP) is 3.93. The van der Waals surface area contributed by atoms with Gasteiger partial charge < -0.3 is 15.0 Å². The van der Waals surface area contributed by atoms with Crippen LogP contribution in [0.4, 0.5) is 11.5 Å². The molecule has 1 aliphatic rings. The van der Waals surface area contributed by atoms with Crippen molar-refractivity contribution in [2.24, 2.45) is 0 Å². The molecule has 8 nitrogen and oxygen atoms in total. The molecule has 1 saturated heterocycles. The third-order valence-corrected chi connectivity index (χ3v) is 5.51. The van der Waals surface area contributed by atoms with Gasteiger partial charge in [-0.15, -0.1) is 0 Å². The van der Waals surface area contributed by atoms with Gasteiger partial charge >= 0.3 is 0 Å². The van der Waals surface area contributed by atoms with Gasteiger partial charge in [-0.05, 0) is 50.2 Å². The quantitative estimate of drug-likeness (QED) is 0.511. The van der Waals surface area contributed by atoms with Gasteiger partial charge in [-0.25, -0.2) is 4.98 Å². The van der Waals surface area contributed by atoms with Gasteiger partial charge in [0.1, 0.15) is 11.9 Å². The van der Waals surface area contributed by atoms with Gasteiger partial charge in [0.05, 0.1) is 24.4 Å². The SMILES string of the molecule is Cc1ccc2[nH]nc(C(=O)N3CCOC(c4cc(Nc5ccccn5)cc(C)n4)C3)c2c1.